The molecule has 0 spiro atoms. The molecule has 0 unspecified atom stereocenters. The van der Waals surface area contributed by atoms with Gasteiger partial charge in [-0.25, -0.2) is 4.39 Å². The first-order chi connectivity index (χ1) is 10.2. The molecule has 0 radical (unpaired) electrons. The molecule has 0 aliphatic carbocycles. The average molecular weight is 308 g/mol. The molecule has 0 N–H and O–H groups in total. The lowest BCUT2D eigenvalue weighted by Gasteiger charge is -2.32. The number of hydrogen-bond acceptors (Lipinski definition) is 4. The average Bonchev–Trinajstić information content (AvgIpc) is 2.64. The summed E-state index contributed by atoms with van der Waals surface area (Å²) in [5, 5.41) is 0. The Morgan fingerprint density at radius 1 is 1.09 bits per heavy atom. The zero-order valence-corrected chi connectivity index (χ0v) is 13.9. The maximum absolute atomic E-state index is 14.0. The Labute approximate surface area is 131 Å². The maximum Gasteiger partial charge on any atom is 0.498 e. The minimum atomic E-state index is -0.689. The second kappa shape index (κ2) is 5.93. The van der Waals surface area contributed by atoms with Gasteiger partial charge < -0.3 is 18.8 Å². The Morgan fingerprint density at radius 2 is 1.68 bits per heavy atom. The van der Waals surface area contributed by atoms with E-state index < -0.39 is 18.3 Å². The van der Waals surface area contributed by atoms with E-state index in [1.165, 1.54) is 32.6 Å². The summed E-state index contributed by atoms with van der Waals surface area (Å²) in [6.07, 6.45) is 3.10. The van der Waals surface area contributed by atoms with Crippen LogP contribution in [-0.4, -0.2) is 32.5 Å². The van der Waals surface area contributed by atoms with Crippen LogP contribution in [-0.2, 0) is 14.0 Å². The molecule has 1 aliphatic rings. The lowest BCUT2D eigenvalue weighted by molar-refractivity contribution is 0.00578. The van der Waals surface area contributed by atoms with Gasteiger partial charge in [0.2, 0.25) is 0 Å². The predicted octanol–water partition coefficient (Wildman–Crippen LogP) is 2.75. The molecule has 2 rings (SSSR count). The second-order valence-corrected chi connectivity index (χ2v) is 6.24. The fourth-order valence-corrected chi connectivity index (χ4v) is 2.28. The van der Waals surface area contributed by atoms with E-state index in [1.807, 2.05) is 27.7 Å². The summed E-state index contributed by atoms with van der Waals surface area (Å²) < 4.78 is 36.3. The molecule has 1 heterocycles. The molecule has 1 fully saturated rings. The van der Waals surface area contributed by atoms with Crippen molar-refractivity contribution >= 4 is 18.7 Å². The number of halogens is 1. The van der Waals surface area contributed by atoms with Gasteiger partial charge in [0.05, 0.1) is 31.7 Å². The molecule has 0 saturated carbocycles. The van der Waals surface area contributed by atoms with Crippen LogP contribution in [0.15, 0.2) is 18.4 Å². The van der Waals surface area contributed by atoms with Crippen LogP contribution in [0.4, 0.5) is 4.39 Å². The van der Waals surface area contributed by atoms with E-state index in [0.29, 0.717) is 16.8 Å². The number of methoxy groups -OCH3 is 2. The third kappa shape index (κ3) is 2.98. The Kier molecular flexibility index (Phi) is 4.54. The molecule has 1 aromatic carbocycles. The monoisotopic (exact) mass is 308 g/mol. The van der Waals surface area contributed by atoms with E-state index in [1.54, 1.807) is 6.08 Å². The van der Waals surface area contributed by atoms with Gasteiger partial charge in [-0.15, -0.1) is 0 Å². The number of benzene rings is 1. The fraction of sp³-hybridized carbons (Fsp3) is 0.500. The Balaban J connectivity index is 2.48. The minimum Gasteiger partial charge on any atom is -0.504 e. The summed E-state index contributed by atoms with van der Waals surface area (Å²) in [7, 11) is 2.37. The van der Waals surface area contributed by atoms with E-state index in [2.05, 4.69) is 0 Å². The lowest BCUT2D eigenvalue weighted by Crippen LogP contribution is -2.41. The van der Waals surface area contributed by atoms with Crippen LogP contribution in [0.1, 0.15) is 33.3 Å². The molecule has 4 nitrogen and oxygen atoms in total. The molecule has 22 heavy (non-hydrogen) atoms. The SMILES string of the molecule is CO/C=C/c1cc(F)cc(B2OC(C)(C)C(C)(C)O2)c1OC. The smallest absolute Gasteiger partial charge is 0.498 e. The van der Waals surface area contributed by atoms with Gasteiger partial charge in [0.25, 0.3) is 0 Å². The van der Waals surface area contributed by atoms with Crippen molar-refractivity contribution in [3.8, 4) is 5.75 Å². The van der Waals surface area contributed by atoms with Crippen LogP contribution >= 0.6 is 0 Å². The summed E-state index contributed by atoms with van der Waals surface area (Å²) in [5.74, 6) is 0.120. The van der Waals surface area contributed by atoms with Crippen LogP contribution in [0.25, 0.3) is 6.08 Å². The third-order valence-electron chi connectivity index (χ3n) is 4.21. The van der Waals surface area contributed by atoms with E-state index in [-0.39, 0.29) is 5.82 Å². The van der Waals surface area contributed by atoms with E-state index in [4.69, 9.17) is 18.8 Å². The van der Waals surface area contributed by atoms with E-state index in [9.17, 15) is 4.39 Å². The van der Waals surface area contributed by atoms with Crippen molar-refractivity contribution in [2.24, 2.45) is 0 Å². The molecule has 1 aromatic rings. The molecular weight excluding hydrogens is 286 g/mol. The van der Waals surface area contributed by atoms with Crippen molar-refractivity contribution in [3.05, 3.63) is 29.8 Å². The predicted molar refractivity (Wildman–Crippen MR) is 84.7 cm³/mol. The quantitative estimate of drug-likeness (QED) is 0.633. The molecule has 0 amide bonds. The van der Waals surface area contributed by atoms with Crippen molar-refractivity contribution < 1.29 is 23.2 Å². The first-order valence-electron chi connectivity index (χ1n) is 7.14. The summed E-state index contributed by atoms with van der Waals surface area (Å²) in [5.41, 5.74) is 0.0840. The number of ether oxygens (including phenoxy) is 2. The van der Waals surface area contributed by atoms with Crippen molar-refractivity contribution in [3.63, 3.8) is 0 Å². The van der Waals surface area contributed by atoms with Crippen LogP contribution in [0, 0.1) is 5.82 Å². The van der Waals surface area contributed by atoms with Crippen LogP contribution in [0.3, 0.4) is 0 Å². The van der Waals surface area contributed by atoms with Gasteiger partial charge in [-0.3, -0.25) is 0 Å². The van der Waals surface area contributed by atoms with Gasteiger partial charge in [-0.2, -0.15) is 0 Å². The van der Waals surface area contributed by atoms with E-state index in [0.717, 1.165) is 0 Å². The van der Waals surface area contributed by atoms with Gasteiger partial charge in [0, 0.05) is 11.0 Å². The largest absolute Gasteiger partial charge is 0.504 e. The van der Waals surface area contributed by atoms with Crippen molar-refractivity contribution in [2.45, 2.75) is 38.9 Å². The highest BCUT2D eigenvalue weighted by Gasteiger charge is 2.52. The summed E-state index contributed by atoms with van der Waals surface area (Å²) in [4.78, 5) is 0. The van der Waals surface area contributed by atoms with Gasteiger partial charge in [0.15, 0.2) is 0 Å². The number of rotatable bonds is 4. The Bertz CT molecular complexity index is 568. The second-order valence-electron chi connectivity index (χ2n) is 6.24. The first-order valence-corrected chi connectivity index (χ1v) is 7.14. The standard InChI is InChI=1S/C16H22BFO4/c1-15(2)16(3,4)22-17(21-15)13-10-12(18)9-11(7-8-19-5)14(13)20-6/h7-10H,1-6H3/b8-7+. The molecule has 0 atom stereocenters. The highest BCUT2D eigenvalue weighted by atomic mass is 19.1. The molecular formula is C16H22BFO4. The topological polar surface area (TPSA) is 36.9 Å². The van der Waals surface area contributed by atoms with Gasteiger partial charge >= 0.3 is 7.12 Å². The molecule has 1 aliphatic heterocycles. The molecule has 0 bridgehead atoms. The highest BCUT2D eigenvalue weighted by Crippen LogP contribution is 2.37. The molecule has 1 saturated heterocycles. The first kappa shape index (κ1) is 16.8. The van der Waals surface area contributed by atoms with Crippen LogP contribution in [0.2, 0.25) is 0 Å². The Hall–Kier alpha value is -1.53. The van der Waals surface area contributed by atoms with E-state index >= 15 is 0 Å². The van der Waals surface area contributed by atoms with Gasteiger partial charge in [-0.05, 0) is 45.9 Å². The van der Waals surface area contributed by atoms with Crippen molar-refractivity contribution in [2.75, 3.05) is 14.2 Å². The van der Waals surface area contributed by atoms with Crippen molar-refractivity contribution in [1.82, 2.24) is 0 Å². The summed E-state index contributed by atoms with van der Waals surface area (Å²) >= 11 is 0. The summed E-state index contributed by atoms with van der Waals surface area (Å²) in [6.45, 7) is 7.80. The fourth-order valence-electron chi connectivity index (χ4n) is 2.28. The minimum absolute atomic E-state index is 0.388. The Morgan fingerprint density at radius 3 is 2.18 bits per heavy atom. The van der Waals surface area contributed by atoms with Crippen LogP contribution in [0.5, 0.6) is 5.75 Å². The van der Waals surface area contributed by atoms with Gasteiger partial charge in [-0.1, -0.05) is 0 Å². The van der Waals surface area contributed by atoms with Crippen molar-refractivity contribution in [1.29, 1.82) is 0 Å². The normalized spacial score (nSPS) is 19.7. The van der Waals surface area contributed by atoms with Gasteiger partial charge in [0.1, 0.15) is 11.6 Å². The zero-order valence-electron chi connectivity index (χ0n) is 13.9. The number of hydrogen-bond donors (Lipinski definition) is 0. The zero-order chi connectivity index (χ0) is 16.5. The lowest BCUT2D eigenvalue weighted by atomic mass is 9.77. The highest BCUT2D eigenvalue weighted by molar-refractivity contribution is 6.63. The van der Waals surface area contributed by atoms with Crippen LogP contribution < -0.4 is 10.2 Å². The summed E-state index contributed by atoms with van der Waals surface area (Å²) in [6, 6.07) is 2.76. The molecule has 120 valence electrons. The molecule has 6 heteroatoms. The third-order valence-corrected chi connectivity index (χ3v) is 4.21. The molecule has 0 aromatic heterocycles. The maximum atomic E-state index is 14.0.